The molecular formula is C12H10N4O4. The van der Waals surface area contributed by atoms with Crippen LogP contribution in [-0.4, -0.2) is 26.0 Å². The van der Waals surface area contributed by atoms with E-state index >= 15 is 0 Å². The molecule has 2 heterocycles. The van der Waals surface area contributed by atoms with E-state index in [1.54, 1.807) is 25.3 Å². The predicted octanol–water partition coefficient (Wildman–Crippen LogP) is 2.14. The summed E-state index contributed by atoms with van der Waals surface area (Å²) in [6.45, 7) is 1.74. The van der Waals surface area contributed by atoms with Gasteiger partial charge < -0.3 is 10.4 Å². The molecule has 8 heteroatoms. The van der Waals surface area contributed by atoms with Gasteiger partial charge in [-0.2, -0.15) is 0 Å². The van der Waals surface area contributed by atoms with Crippen molar-refractivity contribution in [3.8, 4) is 0 Å². The number of anilines is 2. The van der Waals surface area contributed by atoms with E-state index in [1.807, 2.05) is 0 Å². The second kappa shape index (κ2) is 5.31. The number of carboxylic acid groups (broad SMARTS) is 1. The lowest BCUT2D eigenvalue weighted by Crippen LogP contribution is -2.07. The fraction of sp³-hybridized carbons (Fsp3) is 0.0833. The molecule has 0 aliphatic heterocycles. The highest BCUT2D eigenvalue weighted by Gasteiger charge is 2.18. The number of aromatic carboxylic acids is 1. The highest BCUT2D eigenvalue weighted by molar-refractivity contribution is 5.94. The molecule has 0 unspecified atom stereocenters. The maximum Gasteiger partial charge on any atom is 0.339 e. The van der Waals surface area contributed by atoms with Gasteiger partial charge in [-0.3, -0.25) is 15.1 Å². The molecule has 2 aromatic rings. The Labute approximate surface area is 113 Å². The normalized spacial score (nSPS) is 10.1. The summed E-state index contributed by atoms with van der Waals surface area (Å²) < 4.78 is 0. The Morgan fingerprint density at radius 1 is 1.45 bits per heavy atom. The second-order valence-corrected chi connectivity index (χ2v) is 3.91. The molecule has 2 N–H and O–H groups in total. The number of hydrogen-bond acceptors (Lipinski definition) is 6. The van der Waals surface area contributed by atoms with Crippen LogP contribution in [-0.2, 0) is 0 Å². The molecule has 8 nitrogen and oxygen atoms in total. The number of rotatable bonds is 4. The average molecular weight is 274 g/mol. The van der Waals surface area contributed by atoms with Gasteiger partial charge in [0.1, 0.15) is 17.6 Å². The van der Waals surface area contributed by atoms with E-state index in [2.05, 4.69) is 15.3 Å². The summed E-state index contributed by atoms with van der Waals surface area (Å²) in [5, 5.41) is 22.6. The number of hydrogen-bond donors (Lipinski definition) is 2. The number of aryl methyl sites for hydroxylation is 1. The number of carboxylic acids is 1. The van der Waals surface area contributed by atoms with Crippen LogP contribution in [0, 0.1) is 17.0 Å². The maximum absolute atomic E-state index is 11.2. The van der Waals surface area contributed by atoms with E-state index in [0.717, 1.165) is 12.3 Å². The van der Waals surface area contributed by atoms with Gasteiger partial charge in [-0.1, -0.05) is 0 Å². The molecule has 0 bridgehead atoms. The number of carbonyl (C=O) groups is 1. The summed E-state index contributed by atoms with van der Waals surface area (Å²) in [5.41, 5.74) is 0.582. The Morgan fingerprint density at radius 3 is 2.80 bits per heavy atom. The molecule has 0 atom stereocenters. The lowest BCUT2D eigenvalue weighted by Gasteiger charge is -2.09. The van der Waals surface area contributed by atoms with Crippen LogP contribution in [0.2, 0.25) is 0 Å². The Morgan fingerprint density at radius 2 is 2.20 bits per heavy atom. The second-order valence-electron chi connectivity index (χ2n) is 3.91. The van der Waals surface area contributed by atoms with Crippen LogP contribution in [0.3, 0.4) is 0 Å². The number of nitro groups is 1. The van der Waals surface area contributed by atoms with Crippen molar-refractivity contribution < 1.29 is 14.8 Å². The molecule has 0 aliphatic rings. The molecule has 0 radical (unpaired) electrons. The van der Waals surface area contributed by atoms with Crippen LogP contribution in [0.25, 0.3) is 0 Å². The van der Waals surface area contributed by atoms with Crippen LogP contribution >= 0.6 is 0 Å². The summed E-state index contributed by atoms with van der Waals surface area (Å²) in [6.07, 6.45) is 2.60. The van der Waals surface area contributed by atoms with Crippen LogP contribution in [0.5, 0.6) is 0 Å². The predicted molar refractivity (Wildman–Crippen MR) is 70.1 cm³/mol. The van der Waals surface area contributed by atoms with E-state index in [-0.39, 0.29) is 17.1 Å². The lowest BCUT2D eigenvalue weighted by molar-refractivity contribution is -0.385. The van der Waals surface area contributed by atoms with Gasteiger partial charge in [0, 0.05) is 12.3 Å². The van der Waals surface area contributed by atoms with Gasteiger partial charge in [-0.15, -0.1) is 0 Å². The van der Waals surface area contributed by atoms with Crippen molar-refractivity contribution in [1.82, 2.24) is 9.97 Å². The maximum atomic E-state index is 11.2. The summed E-state index contributed by atoms with van der Waals surface area (Å²) in [6, 6.07) is 4.35. The monoisotopic (exact) mass is 274 g/mol. The molecule has 20 heavy (non-hydrogen) atoms. The molecule has 2 rings (SSSR count). The van der Waals surface area contributed by atoms with E-state index in [1.165, 1.54) is 0 Å². The SMILES string of the molecule is Cc1ncccc1Nc1ncc([N+](=O)[O-])cc1C(=O)O. The Kier molecular flexibility index (Phi) is 3.56. The Bertz CT molecular complexity index is 687. The smallest absolute Gasteiger partial charge is 0.339 e. The molecule has 2 aromatic heterocycles. The third-order valence-electron chi connectivity index (χ3n) is 2.57. The van der Waals surface area contributed by atoms with Crippen molar-refractivity contribution in [2.75, 3.05) is 5.32 Å². The number of pyridine rings is 2. The van der Waals surface area contributed by atoms with Crippen LogP contribution < -0.4 is 5.32 Å². The minimum Gasteiger partial charge on any atom is -0.478 e. The first-order valence-corrected chi connectivity index (χ1v) is 5.55. The standard InChI is InChI=1S/C12H10N4O4/c1-7-10(3-2-4-13-7)15-11-9(12(17)18)5-8(6-14-11)16(19)20/h2-6H,1H3,(H,14,15)(H,17,18). The molecule has 102 valence electrons. The third-order valence-corrected chi connectivity index (χ3v) is 2.57. The zero-order valence-electron chi connectivity index (χ0n) is 10.4. The largest absolute Gasteiger partial charge is 0.478 e. The molecule has 0 saturated heterocycles. The number of nitrogens with one attached hydrogen (secondary N) is 1. The first-order valence-electron chi connectivity index (χ1n) is 5.55. The van der Waals surface area contributed by atoms with E-state index in [0.29, 0.717) is 11.4 Å². The molecule has 0 saturated carbocycles. The average Bonchev–Trinajstić information content (AvgIpc) is 2.41. The van der Waals surface area contributed by atoms with Crippen molar-refractivity contribution in [3.05, 3.63) is 52.0 Å². The van der Waals surface area contributed by atoms with Gasteiger partial charge in [0.15, 0.2) is 0 Å². The van der Waals surface area contributed by atoms with E-state index in [9.17, 15) is 14.9 Å². The number of nitrogens with zero attached hydrogens (tertiary/aromatic N) is 3. The molecule has 0 fully saturated rings. The van der Waals surface area contributed by atoms with Gasteiger partial charge in [-0.25, -0.2) is 9.78 Å². The fourth-order valence-corrected chi connectivity index (χ4v) is 1.56. The minimum absolute atomic E-state index is 0.0270. The van der Waals surface area contributed by atoms with Crippen LogP contribution in [0.4, 0.5) is 17.2 Å². The highest BCUT2D eigenvalue weighted by Crippen LogP contribution is 2.23. The molecule has 0 amide bonds. The van der Waals surface area contributed by atoms with Gasteiger partial charge in [0.05, 0.1) is 16.3 Å². The van der Waals surface area contributed by atoms with Crippen molar-refractivity contribution in [2.24, 2.45) is 0 Å². The van der Waals surface area contributed by atoms with Crippen molar-refractivity contribution in [1.29, 1.82) is 0 Å². The van der Waals surface area contributed by atoms with Gasteiger partial charge in [0.2, 0.25) is 0 Å². The van der Waals surface area contributed by atoms with Crippen LogP contribution in [0.1, 0.15) is 16.1 Å². The zero-order valence-corrected chi connectivity index (χ0v) is 10.4. The van der Waals surface area contributed by atoms with Crippen molar-refractivity contribution in [3.63, 3.8) is 0 Å². The fourth-order valence-electron chi connectivity index (χ4n) is 1.56. The molecule has 0 aliphatic carbocycles. The van der Waals surface area contributed by atoms with Gasteiger partial charge in [0.25, 0.3) is 5.69 Å². The zero-order chi connectivity index (χ0) is 14.7. The summed E-state index contributed by atoms with van der Waals surface area (Å²) >= 11 is 0. The van der Waals surface area contributed by atoms with Crippen molar-refractivity contribution >= 4 is 23.2 Å². The van der Waals surface area contributed by atoms with Gasteiger partial charge in [-0.05, 0) is 19.1 Å². The number of aromatic nitrogens is 2. The first kappa shape index (κ1) is 13.4. The summed E-state index contributed by atoms with van der Waals surface area (Å²) in [5.74, 6) is -1.27. The third kappa shape index (κ3) is 2.69. The molecule has 0 aromatic carbocycles. The topological polar surface area (TPSA) is 118 Å². The Balaban J connectivity index is 2.44. The van der Waals surface area contributed by atoms with E-state index < -0.39 is 10.9 Å². The summed E-state index contributed by atoms with van der Waals surface area (Å²) in [7, 11) is 0. The lowest BCUT2D eigenvalue weighted by atomic mass is 10.2. The van der Waals surface area contributed by atoms with Crippen molar-refractivity contribution in [2.45, 2.75) is 6.92 Å². The highest BCUT2D eigenvalue weighted by atomic mass is 16.6. The van der Waals surface area contributed by atoms with E-state index in [4.69, 9.17) is 5.11 Å². The Hall–Kier alpha value is -3.03. The minimum atomic E-state index is -1.30. The molecule has 0 spiro atoms. The van der Waals surface area contributed by atoms with Crippen LogP contribution in [0.15, 0.2) is 30.6 Å². The molecular weight excluding hydrogens is 264 g/mol. The summed E-state index contributed by atoms with van der Waals surface area (Å²) in [4.78, 5) is 28.9. The quantitative estimate of drug-likeness (QED) is 0.647. The first-order chi connectivity index (χ1) is 9.49. The van der Waals surface area contributed by atoms with Gasteiger partial charge >= 0.3 is 5.97 Å².